The Morgan fingerprint density at radius 3 is 2.00 bits per heavy atom. The Balaban J connectivity index is 1.62. The van der Waals surface area contributed by atoms with Gasteiger partial charge in [0.2, 0.25) is 5.91 Å². The molecule has 4 rings (SSSR count). The van der Waals surface area contributed by atoms with Crippen LogP contribution in [0, 0.1) is 5.82 Å². The highest BCUT2D eigenvalue weighted by Gasteiger charge is 2.35. The Labute approximate surface area is 178 Å². The Morgan fingerprint density at radius 2 is 1.48 bits per heavy atom. The predicted molar refractivity (Wildman–Crippen MR) is 117 cm³/mol. The van der Waals surface area contributed by atoms with Crippen LogP contribution < -0.4 is 21.2 Å². The molecule has 7 nitrogen and oxygen atoms in total. The normalized spacial score (nSPS) is 15.3. The minimum absolute atomic E-state index is 0.0377. The Kier molecular flexibility index (Phi) is 5.61. The number of hydrogen-bond donors (Lipinski definition) is 2. The second kappa shape index (κ2) is 8.66. The molecule has 3 N–H and O–H groups in total. The largest absolute Gasteiger partial charge is 0.368 e. The van der Waals surface area contributed by atoms with Crippen molar-refractivity contribution in [3.05, 3.63) is 90.7 Å². The summed E-state index contributed by atoms with van der Waals surface area (Å²) in [6.45, 7) is 0. The van der Waals surface area contributed by atoms with Crippen molar-refractivity contribution < 1.29 is 14.0 Å². The van der Waals surface area contributed by atoms with Crippen LogP contribution in [-0.2, 0) is 9.59 Å². The number of benzene rings is 3. The number of anilines is 3. The topological polar surface area (TPSA) is 91.0 Å². The maximum absolute atomic E-state index is 13.3. The summed E-state index contributed by atoms with van der Waals surface area (Å²) in [5, 5.41) is 7.32. The number of halogens is 1. The van der Waals surface area contributed by atoms with Crippen LogP contribution in [0.5, 0.6) is 0 Å². The quantitative estimate of drug-likeness (QED) is 0.603. The first-order chi connectivity index (χ1) is 15.0. The molecule has 1 aliphatic heterocycles. The molecule has 0 fully saturated rings. The first-order valence-electron chi connectivity index (χ1n) is 9.66. The Morgan fingerprint density at radius 1 is 0.935 bits per heavy atom. The van der Waals surface area contributed by atoms with E-state index in [1.54, 1.807) is 5.01 Å². The average Bonchev–Trinajstić information content (AvgIpc) is 3.25. The molecule has 0 radical (unpaired) electrons. The number of carbonyl (C=O) groups excluding carboxylic acids is 2. The van der Waals surface area contributed by atoms with Gasteiger partial charge in [-0.05, 0) is 48.5 Å². The second-order valence-electron chi connectivity index (χ2n) is 6.94. The maximum Gasteiger partial charge on any atom is 0.286 e. The van der Waals surface area contributed by atoms with Gasteiger partial charge in [-0.2, -0.15) is 5.10 Å². The molecule has 0 aliphatic carbocycles. The van der Waals surface area contributed by atoms with E-state index in [0.717, 1.165) is 11.4 Å². The Hall–Kier alpha value is -4.20. The molecule has 2 amide bonds. The molecule has 31 heavy (non-hydrogen) atoms. The lowest BCUT2D eigenvalue weighted by atomic mass is 10.1. The summed E-state index contributed by atoms with van der Waals surface area (Å²) in [4.78, 5) is 25.1. The number of hydrazine groups is 1. The fraction of sp³-hybridized carbons (Fsp3) is 0.0870. The first kappa shape index (κ1) is 20.1. The van der Waals surface area contributed by atoms with Gasteiger partial charge < -0.3 is 5.73 Å². The predicted octanol–water partition coefficient (Wildman–Crippen LogP) is 3.12. The molecule has 1 aliphatic rings. The minimum atomic E-state index is -0.840. The molecule has 0 aromatic heterocycles. The third-order valence-electron chi connectivity index (χ3n) is 4.83. The van der Waals surface area contributed by atoms with Crippen molar-refractivity contribution in [3.8, 4) is 0 Å². The number of nitrogens with two attached hydrogens (primary N) is 1. The highest BCUT2D eigenvalue weighted by Crippen LogP contribution is 2.26. The summed E-state index contributed by atoms with van der Waals surface area (Å²) in [6, 6.07) is 23.3. The van der Waals surface area contributed by atoms with Gasteiger partial charge in [0, 0.05) is 6.42 Å². The van der Waals surface area contributed by atoms with Crippen molar-refractivity contribution in [2.24, 2.45) is 10.8 Å². The van der Waals surface area contributed by atoms with E-state index in [-0.39, 0.29) is 12.1 Å². The van der Waals surface area contributed by atoms with Crippen LogP contribution >= 0.6 is 0 Å². The van der Waals surface area contributed by atoms with Crippen LogP contribution in [0.25, 0.3) is 0 Å². The summed E-state index contributed by atoms with van der Waals surface area (Å²) in [5.41, 5.74) is 10.5. The number of hydrogen-bond acceptors (Lipinski definition) is 5. The fourth-order valence-corrected chi connectivity index (χ4v) is 3.30. The lowest BCUT2D eigenvalue weighted by Crippen LogP contribution is -2.43. The van der Waals surface area contributed by atoms with Crippen molar-refractivity contribution in [1.29, 1.82) is 0 Å². The molecular formula is C23H20FN5O2. The number of para-hydroxylation sites is 2. The third kappa shape index (κ3) is 4.37. The van der Waals surface area contributed by atoms with Crippen molar-refractivity contribution >= 4 is 34.6 Å². The van der Waals surface area contributed by atoms with Gasteiger partial charge in [0.05, 0.1) is 17.1 Å². The molecule has 0 unspecified atom stereocenters. The molecule has 3 aromatic carbocycles. The van der Waals surface area contributed by atoms with Crippen LogP contribution in [-0.4, -0.2) is 23.6 Å². The molecule has 0 bridgehead atoms. The van der Waals surface area contributed by atoms with Crippen LogP contribution in [0.15, 0.2) is 90.0 Å². The lowest BCUT2D eigenvalue weighted by molar-refractivity contribution is -0.119. The van der Waals surface area contributed by atoms with E-state index in [4.69, 9.17) is 5.73 Å². The van der Waals surface area contributed by atoms with Crippen LogP contribution in [0.1, 0.15) is 6.42 Å². The number of hydrazone groups is 1. The molecule has 3 aromatic rings. The maximum atomic E-state index is 13.3. The van der Waals surface area contributed by atoms with Crippen LogP contribution in [0.3, 0.4) is 0 Å². The van der Waals surface area contributed by atoms with Gasteiger partial charge in [-0.3, -0.25) is 25.0 Å². The van der Waals surface area contributed by atoms with E-state index in [0.29, 0.717) is 5.69 Å². The molecule has 156 valence electrons. The number of amides is 2. The average molecular weight is 417 g/mol. The summed E-state index contributed by atoms with van der Waals surface area (Å²) in [5.74, 6) is -1.51. The number of rotatable bonds is 6. The molecular weight excluding hydrogens is 397 g/mol. The van der Waals surface area contributed by atoms with Gasteiger partial charge >= 0.3 is 0 Å². The van der Waals surface area contributed by atoms with Crippen molar-refractivity contribution in [1.82, 2.24) is 5.43 Å². The fourth-order valence-electron chi connectivity index (χ4n) is 3.30. The minimum Gasteiger partial charge on any atom is -0.368 e. The zero-order chi connectivity index (χ0) is 21.8. The van der Waals surface area contributed by atoms with Gasteiger partial charge in [-0.15, -0.1) is 0 Å². The van der Waals surface area contributed by atoms with Crippen molar-refractivity contribution in [2.75, 3.05) is 10.0 Å². The summed E-state index contributed by atoms with van der Waals surface area (Å²) in [6.07, 6.45) is 0.0377. The molecule has 8 heteroatoms. The van der Waals surface area contributed by atoms with Gasteiger partial charge in [0.15, 0.2) is 0 Å². The SMILES string of the molecule is NC(=O)[C@@H]1CC(C(=O)NN(c2ccccc2)c2ccccc2)=NN1c1ccc(F)cc1. The number of primary amides is 1. The van der Waals surface area contributed by atoms with E-state index in [2.05, 4.69) is 10.5 Å². The van der Waals surface area contributed by atoms with E-state index in [9.17, 15) is 14.0 Å². The summed E-state index contributed by atoms with van der Waals surface area (Å²) in [7, 11) is 0. The van der Waals surface area contributed by atoms with E-state index < -0.39 is 23.7 Å². The van der Waals surface area contributed by atoms with Gasteiger partial charge in [-0.1, -0.05) is 36.4 Å². The van der Waals surface area contributed by atoms with Gasteiger partial charge in [0.1, 0.15) is 17.6 Å². The van der Waals surface area contributed by atoms with E-state index in [1.165, 1.54) is 29.3 Å². The van der Waals surface area contributed by atoms with Crippen molar-refractivity contribution in [2.45, 2.75) is 12.5 Å². The van der Waals surface area contributed by atoms with Gasteiger partial charge in [-0.25, -0.2) is 4.39 Å². The first-order valence-corrected chi connectivity index (χ1v) is 9.66. The molecule has 1 heterocycles. The van der Waals surface area contributed by atoms with E-state index >= 15 is 0 Å². The summed E-state index contributed by atoms with van der Waals surface area (Å²) >= 11 is 0. The monoisotopic (exact) mass is 417 g/mol. The number of carbonyl (C=O) groups is 2. The van der Waals surface area contributed by atoms with Crippen molar-refractivity contribution in [3.63, 3.8) is 0 Å². The molecule has 0 spiro atoms. The molecule has 0 saturated carbocycles. The smallest absolute Gasteiger partial charge is 0.286 e. The third-order valence-corrected chi connectivity index (χ3v) is 4.83. The van der Waals surface area contributed by atoms with E-state index in [1.807, 2.05) is 60.7 Å². The standard InChI is InChI=1S/C23H20FN5O2/c24-16-11-13-19(14-12-16)29-21(22(25)30)15-20(26-29)23(31)27-28(17-7-3-1-4-8-17)18-9-5-2-6-10-18/h1-14,21H,15H2,(H2,25,30)(H,27,31)/t21-/m0/s1. The molecule has 1 atom stereocenters. The molecule has 0 saturated heterocycles. The van der Waals surface area contributed by atoms with Gasteiger partial charge in [0.25, 0.3) is 5.91 Å². The highest BCUT2D eigenvalue weighted by atomic mass is 19.1. The number of nitrogens with one attached hydrogen (secondary N) is 1. The zero-order valence-corrected chi connectivity index (χ0v) is 16.5. The van der Waals surface area contributed by atoms with Crippen LogP contribution in [0.2, 0.25) is 0 Å². The summed E-state index contributed by atoms with van der Waals surface area (Å²) < 4.78 is 13.3. The number of nitrogens with zero attached hydrogens (tertiary/aromatic N) is 3. The lowest BCUT2D eigenvalue weighted by Gasteiger charge is -2.25. The Bertz CT molecular complexity index is 1060. The zero-order valence-electron chi connectivity index (χ0n) is 16.5. The highest BCUT2D eigenvalue weighted by molar-refractivity contribution is 6.40. The van der Waals surface area contributed by atoms with Crippen LogP contribution in [0.4, 0.5) is 21.5 Å². The second-order valence-corrected chi connectivity index (χ2v) is 6.94.